The molecule has 0 radical (unpaired) electrons. The number of hydrogen-bond acceptors (Lipinski definition) is 6. The molecule has 0 bridgehead atoms. The molecule has 164 valence electrons. The van der Waals surface area contributed by atoms with E-state index in [9.17, 15) is 14.9 Å². The van der Waals surface area contributed by atoms with Gasteiger partial charge in [-0.25, -0.2) is 5.43 Å². The van der Waals surface area contributed by atoms with E-state index < -0.39 is 4.92 Å². The van der Waals surface area contributed by atoms with Crippen molar-refractivity contribution in [2.75, 3.05) is 23.8 Å². The number of benzene rings is 2. The average Bonchev–Trinajstić information content (AvgIpc) is 2.78. The van der Waals surface area contributed by atoms with Gasteiger partial charge in [0, 0.05) is 42.2 Å². The molecule has 0 spiro atoms. The van der Waals surface area contributed by atoms with E-state index in [0.717, 1.165) is 29.8 Å². The molecule has 0 atom stereocenters. The van der Waals surface area contributed by atoms with Gasteiger partial charge >= 0.3 is 0 Å². The standard InChI is InChI=1S/C23H29N5O3/c1-17-8-6-7-11-21(17)24-16-23(29)26-25-15-18-14-20(28(30)31)12-13-22(18)27(2)19-9-4-3-5-10-19/h6-8,11-15,19,24H,3-5,9-10,16H2,1-2H3,(H,26,29)/b25-15+. The first-order chi connectivity index (χ1) is 15.0. The predicted octanol–water partition coefficient (Wildman–Crippen LogP) is 4.23. The van der Waals surface area contributed by atoms with E-state index in [4.69, 9.17) is 0 Å². The molecule has 8 heteroatoms. The van der Waals surface area contributed by atoms with Crippen LogP contribution in [0.5, 0.6) is 0 Å². The Kier molecular flexibility index (Phi) is 7.59. The summed E-state index contributed by atoms with van der Waals surface area (Å²) in [6.45, 7) is 2.04. The largest absolute Gasteiger partial charge is 0.376 e. The Morgan fingerprint density at radius 2 is 1.97 bits per heavy atom. The van der Waals surface area contributed by atoms with Crippen LogP contribution in [0, 0.1) is 17.0 Å². The third-order valence-electron chi connectivity index (χ3n) is 5.70. The molecule has 1 fully saturated rings. The second-order valence-corrected chi connectivity index (χ2v) is 7.86. The first-order valence-corrected chi connectivity index (χ1v) is 10.6. The number of non-ortho nitro benzene ring substituents is 1. The Morgan fingerprint density at radius 3 is 2.68 bits per heavy atom. The van der Waals surface area contributed by atoms with Crippen molar-refractivity contribution < 1.29 is 9.72 Å². The number of nitro groups is 1. The van der Waals surface area contributed by atoms with Gasteiger partial charge in [0.1, 0.15) is 0 Å². The molecule has 1 saturated carbocycles. The first-order valence-electron chi connectivity index (χ1n) is 10.6. The van der Waals surface area contributed by atoms with Crippen LogP contribution in [0.1, 0.15) is 43.2 Å². The van der Waals surface area contributed by atoms with Crippen LogP contribution in [0.3, 0.4) is 0 Å². The lowest BCUT2D eigenvalue weighted by Gasteiger charge is -2.33. The topological polar surface area (TPSA) is 99.9 Å². The van der Waals surface area contributed by atoms with Gasteiger partial charge in [-0.15, -0.1) is 0 Å². The zero-order valence-electron chi connectivity index (χ0n) is 18.0. The molecule has 1 aliphatic rings. The van der Waals surface area contributed by atoms with Crippen LogP contribution in [-0.2, 0) is 4.79 Å². The van der Waals surface area contributed by atoms with Crippen LogP contribution in [0.4, 0.5) is 17.1 Å². The van der Waals surface area contributed by atoms with Crippen molar-refractivity contribution in [1.29, 1.82) is 0 Å². The molecule has 2 aromatic rings. The molecule has 1 aliphatic carbocycles. The third kappa shape index (κ3) is 6.04. The lowest BCUT2D eigenvalue weighted by Crippen LogP contribution is -2.34. The maximum atomic E-state index is 12.2. The van der Waals surface area contributed by atoms with Crippen LogP contribution in [0.15, 0.2) is 47.6 Å². The van der Waals surface area contributed by atoms with Gasteiger partial charge in [-0.05, 0) is 37.5 Å². The van der Waals surface area contributed by atoms with Gasteiger partial charge < -0.3 is 10.2 Å². The van der Waals surface area contributed by atoms with E-state index in [1.807, 2.05) is 38.2 Å². The zero-order valence-corrected chi connectivity index (χ0v) is 18.0. The number of nitrogens with one attached hydrogen (secondary N) is 2. The maximum Gasteiger partial charge on any atom is 0.270 e. The summed E-state index contributed by atoms with van der Waals surface area (Å²) in [6, 6.07) is 12.9. The molecule has 8 nitrogen and oxygen atoms in total. The summed E-state index contributed by atoms with van der Waals surface area (Å²) in [5, 5.41) is 18.4. The summed E-state index contributed by atoms with van der Waals surface area (Å²) in [7, 11) is 2.01. The molecule has 2 N–H and O–H groups in total. The van der Waals surface area contributed by atoms with Crippen LogP contribution in [-0.4, -0.2) is 36.7 Å². The SMILES string of the molecule is Cc1ccccc1NCC(=O)N/N=C/c1cc([N+](=O)[O-])ccc1N(C)C1CCCCC1. The number of nitrogens with zero attached hydrogens (tertiary/aromatic N) is 3. The monoisotopic (exact) mass is 423 g/mol. The van der Waals surface area contributed by atoms with Gasteiger partial charge in [0.15, 0.2) is 0 Å². The number of aryl methyl sites for hydroxylation is 1. The lowest BCUT2D eigenvalue weighted by molar-refractivity contribution is -0.384. The summed E-state index contributed by atoms with van der Waals surface area (Å²) in [4.78, 5) is 25.1. The number of rotatable bonds is 8. The Bertz CT molecular complexity index is 954. The van der Waals surface area contributed by atoms with Crippen molar-refractivity contribution in [3.63, 3.8) is 0 Å². The highest BCUT2D eigenvalue weighted by atomic mass is 16.6. The van der Waals surface area contributed by atoms with Crippen molar-refractivity contribution in [1.82, 2.24) is 5.43 Å². The summed E-state index contributed by atoms with van der Waals surface area (Å²) in [5.74, 6) is -0.299. The maximum absolute atomic E-state index is 12.2. The molecule has 0 aromatic heterocycles. The molecule has 0 unspecified atom stereocenters. The summed E-state index contributed by atoms with van der Waals surface area (Å²) in [6.07, 6.45) is 7.32. The van der Waals surface area contributed by atoms with Crippen LogP contribution in [0.2, 0.25) is 0 Å². The fourth-order valence-corrected chi connectivity index (χ4v) is 3.91. The number of carbonyl (C=O) groups is 1. The molecule has 1 amide bonds. The quantitative estimate of drug-likeness (QED) is 0.376. The van der Waals surface area contributed by atoms with Crippen LogP contribution < -0.4 is 15.6 Å². The molecule has 31 heavy (non-hydrogen) atoms. The van der Waals surface area contributed by atoms with E-state index in [1.165, 1.54) is 37.6 Å². The van der Waals surface area contributed by atoms with E-state index in [0.29, 0.717) is 11.6 Å². The van der Waals surface area contributed by atoms with Gasteiger partial charge in [0.2, 0.25) is 0 Å². The lowest BCUT2D eigenvalue weighted by atomic mass is 9.94. The van der Waals surface area contributed by atoms with Gasteiger partial charge in [0.25, 0.3) is 11.6 Å². The predicted molar refractivity (Wildman–Crippen MR) is 124 cm³/mol. The average molecular weight is 424 g/mol. The number of nitro benzene ring substituents is 1. The Morgan fingerprint density at radius 1 is 1.23 bits per heavy atom. The third-order valence-corrected chi connectivity index (χ3v) is 5.70. The Balaban J connectivity index is 1.68. The molecule has 3 rings (SSSR count). The van der Waals surface area contributed by atoms with Crippen LogP contribution >= 0.6 is 0 Å². The summed E-state index contributed by atoms with van der Waals surface area (Å²) >= 11 is 0. The molecule has 0 aliphatic heterocycles. The minimum absolute atomic E-state index is 0.00482. The summed E-state index contributed by atoms with van der Waals surface area (Å²) in [5.41, 5.74) is 5.90. The molecular weight excluding hydrogens is 394 g/mol. The highest BCUT2D eigenvalue weighted by Crippen LogP contribution is 2.30. The minimum Gasteiger partial charge on any atom is -0.376 e. The van der Waals surface area contributed by atoms with E-state index in [-0.39, 0.29) is 18.1 Å². The van der Waals surface area contributed by atoms with Crippen molar-refractivity contribution in [2.45, 2.75) is 45.1 Å². The fraction of sp³-hybridized carbons (Fsp3) is 0.391. The van der Waals surface area contributed by atoms with Crippen molar-refractivity contribution in [2.24, 2.45) is 5.10 Å². The van der Waals surface area contributed by atoms with Gasteiger partial charge in [-0.1, -0.05) is 37.5 Å². The van der Waals surface area contributed by atoms with Gasteiger partial charge in [0.05, 0.1) is 17.7 Å². The molecule has 0 saturated heterocycles. The zero-order chi connectivity index (χ0) is 22.2. The number of carbonyl (C=O) groups excluding carboxylic acids is 1. The second-order valence-electron chi connectivity index (χ2n) is 7.86. The van der Waals surface area contributed by atoms with E-state index >= 15 is 0 Å². The minimum atomic E-state index is -0.424. The van der Waals surface area contributed by atoms with Crippen molar-refractivity contribution >= 4 is 29.2 Å². The molecule has 0 heterocycles. The number of anilines is 2. The second kappa shape index (κ2) is 10.6. The van der Waals surface area contributed by atoms with Crippen molar-refractivity contribution in [3.05, 3.63) is 63.7 Å². The fourth-order valence-electron chi connectivity index (χ4n) is 3.91. The number of amides is 1. The highest BCUT2D eigenvalue weighted by Gasteiger charge is 2.21. The Labute approximate surface area is 182 Å². The first kappa shape index (κ1) is 22.3. The van der Waals surface area contributed by atoms with Gasteiger partial charge in [-0.2, -0.15) is 5.10 Å². The number of hydrogen-bond donors (Lipinski definition) is 2. The van der Waals surface area contributed by atoms with Gasteiger partial charge in [-0.3, -0.25) is 14.9 Å². The number of hydrazone groups is 1. The Hall–Kier alpha value is -3.42. The summed E-state index contributed by atoms with van der Waals surface area (Å²) < 4.78 is 0. The molecular formula is C23H29N5O3. The van der Waals surface area contributed by atoms with E-state index in [1.54, 1.807) is 6.07 Å². The number of para-hydroxylation sites is 1. The highest BCUT2D eigenvalue weighted by molar-refractivity contribution is 5.90. The van der Waals surface area contributed by atoms with Crippen molar-refractivity contribution in [3.8, 4) is 0 Å². The smallest absolute Gasteiger partial charge is 0.270 e. The van der Waals surface area contributed by atoms with E-state index in [2.05, 4.69) is 20.7 Å². The normalized spacial score (nSPS) is 14.4. The van der Waals surface area contributed by atoms with Crippen LogP contribution in [0.25, 0.3) is 0 Å². The molecule has 2 aromatic carbocycles.